The van der Waals surface area contributed by atoms with E-state index in [4.69, 9.17) is 32.7 Å². The average Bonchev–Trinajstić information content (AvgIpc) is 3.89. The molecule has 12 rings (SSSR count). The first-order valence-electron chi connectivity index (χ1n) is 29.0. The third-order valence-electron chi connectivity index (χ3n) is 19.2. The molecule has 8 atom stereocenters. The molecule has 0 saturated heterocycles. The number of nitrogens with one attached hydrogen (secondary N) is 4. The molecule has 0 radical (unpaired) electrons. The number of fused-ring (bicyclic) bond motifs is 8. The van der Waals surface area contributed by atoms with Gasteiger partial charge in [0.05, 0.1) is 36.1 Å². The second-order valence-electron chi connectivity index (χ2n) is 24.2. The van der Waals surface area contributed by atoms with Gasteiger partial charge in [0.2, 0.25) is 20.0 Å². The van der Waals surface area contributed by atoms with E-state index in [9.17, 15) is 36.8 Å². The summed E-state index contributed by atoms with van der Waals surface area (Å²) in [6, 6.07) is 22.8. The second kappa shape index (κ2) is 23.9. The van der Waals surface area contributed by atoms with Crippen LogP contribution in [0.15, 0.2) is 72.8 Å². The van der Waals surface area contributed by atoms with Crippen LogP contribution in [0.4, 0.5) is 11.4 Å². The minimum absolute atomic E-state index is 0.0245. The highest BCUT2D eigenvalue weighted by molar-refractivity contribution is 7.90. The van der Waals surface area contributed by atoms with E-state index >= 15 is 0 Å². The summed E-state index contributed by atoms with van der Waals surface area (Å²) in [4.78, 5) is 30.9. The van der Waals surface area contributed by atoms with Crippen molar-refractivity contribution >= 4 is 66.4 Å². The van der Waals surface area contributed by atoms with Crippen molar-refractivity contribution in [3.63, 3.8) is 0 Å². The molecule has 4 aromatic rings. The minimum atomic E-state index is -3.76. The number of hydrogen-bond donors (Lipinski definition) is 6. The zero-order valence-corrected chi connectivity index (χ0v) is 48.5. The van der Waals surface area contributed by atoms with Crippen molar-refractivity contribution in [2.45, 2.75) is 138 Å². The molecule has 6 N–H and O–H groups in total. The second-order valence-corrected chi connectivity index (χ2v) is 28.8. The monoisotopic (exact) mass is 1170 g/mol. The van der Waals surface area contributed by atoms with E-state index in [1.165, 1.54) is 22.3 Å². The summed E-state index contributed by atoms with van der Waals surface area (Å²) in [6.45, 7) is 4.01. The maximum Gasteiger partial charge on any atom is 0.264 e. The Morgan fingerprint density at radius 1 is 0.537 bits per heavy atom. The molecule has 4 aliphatic heterocycles. The molecule has 2 amide bonds. The van der Waals surface area contributed by atoms with Gasteiger partial charge in [-0.1, -0.05) is 61.0 Å². The van der Waals surface area contributed by atoms with Crippen LogP contribution in [0.25, 0.3) is 0 Å². The molecule has 0 aromatic heterocycles. The summed E-state index contributed by atoms with van der Waals surface area (Å²) in [5.41, 5.74) is 12.0. The molecule has 80 heavy (non-hydrogen) atoms. The molecule has 2 spiro atoms. The number of ether oxygens (including phenoxy) is 2. The third-order valence-corrected chi connectivity index (χ3v) is 22.3. The molecule has 4 bridgehead atoms. The normalized spacial score (nSPS) is 30.2. The van der Waals surface area contributed by atoms with Gasteiger partial charge in [-0.05, 0) is 196 Å². The van der Waals surface area contributed by atoms with Crippen LogP contribution in [0.3, 0.4) is 0 Å². The Morgan fingerprint density at radius 3 is 1.38 bits per heavy atom. The van der Waals surface area contributed by atoms with Crippen molar-refractivity contribution in [3.05, 3.63) is 116 Å². The molecule has 20 heteroatoms. The number of rotatable bonds is 2. The zero-order valence-electron chi connectivity index (χ0n) is 45.4. The van der Waals surface area contributed by atoms with Gasteiger partial charge in [-0.15, -0.1) is 0 Å². The number of amides is 2. The SMILES string of the molecule is O=C1NS(=O)(=O)CCCCC[C@@H](NO)[C@@H]2CC[C@H]2CN2C[C@@]3(CCCc4cc(Cl)ccc43)COc3ccc1cc32.O=C1NS(=O)(=O)CCCCC[C@H](NO)[C@@H]2CC[C@H]2CN2C[C@@]3(CCCc4cc(Cl)ccc43)COc3ccc1cc32. The third kappa shape index (κ3) is 12.2. The lowest BCUT2D eigenvalue weighted by Gasteiger charge is -2.46. The van der Waals surface area contributed by atoms with E-state index in [1.54, 1.807) is 36.4 Å². The number of aryl methyl sites for hydroxylation is 2. The Balaban J connectivity index is 0.000000169. The number of sulfonamides is 2. The first-order chi connectivity index (χ1) is 38.5. The topological polar surface area (TPSA) is 216 Å². The quantitative estimate of drug-likeness (QED) is 0.103. The summed E-state index contributed by atoms with van der Waals surface area (Å²) in [5.74, 6) is 1.39. The fraction of sp³-hybridized carbons (Fsp3) is 0.567. The van der Waals surface area contributed by atoms with Gasteiger partial charge >= 0.3 is 0 Å². The van der Waals surface area contributed by atoms with E-state index in [0.29, 0.717) is 72.4 Å². The largest absolute Gasteiger partial charge is 0.490 e. The standard InChI is InChI=1S/2C30H38ClN3O5S/c2*31-23-9-11-25-20(15-23)5-4-13-30(25)18-34-17-22-7-10-24(22)26(32-36)6-2-1-3-14-40(37,38)33-29(35)21-8-12-28(39-19-30)27(34)16-21/h2*8-9,11-12,15-16,22,24,26,32,36H,1-7,10,13-14,17-19H2,(H,33,35)/t22-,24+,26+,30-;22-,24+,26-,30-/m00/s1. The molecule has 4 aliphatic carbocycles. The lowest BCUT2D eigenvalue weighted by molar-refractivity contribution is 0.0315. The van der Waals surface area contributed by atoms with E-state index in [0.717, 1.165) is 150 Å². The van der Waals surface area contributed by atoms with Crippen LogP contribution in [0, 0.1) is 23.7 Å². The molecule has 2 fully saturated rings. The van der Waals surface area contributed by atoms with Gasteiger partial charge in [0.25, 0.3) is 11.8 Å². The lowest BCUT2D eigenvalue weighted by Crippen LogP contribution is -2.51. The summed E-state index contributed by atoms with van der Waals surface area (Å²) in [5, 5.41) is 21.6. The smallest absolute Gasteiger partial charge is 0.264 e. The maximum absolute atomic E-state index is 13.1. The molecule has 432 valence electrons. The number of carbonyl (C=O) groups excluding carboxylic acids is 2. The number of halogens is 2. The van der Waals surface area contributed by atoms with Gasteiger partial charge < -0.3 is 29.7 Å². The van der Waals surface area contributed by atoms with Crippen LogP contribution in [0.5, 0.6) is 11.5 Å². The van der Waals surface area contributed by atoms with E-state index in [2.05, 4.69) is 54.5 Å². The molecular weight excluding hydrogens is 1100 g/mol. The van der Waals surface area contributed by atoms with Crippen LogP contribution < -0.4 is 39.7 Å². The Bertz CT molecular complexity index is 2980. The molecule has 4 aromatic carbocycles. The van der Waals surface area contributed by atoms with Crippen molar-refractivity contribution in [1.29, 1.82) is 0 Å². The first kappa shape index (κ1) is 57.2. The number of nitrogens with zero attached hydrogens (tertiary/aromatic N) is 2. The maximum atomic E-state index is 13.1. The molecule has 2 saturated carbocycles. The van der Waals surface area contributed by atoms with E-state index in [-0.39, 0.29) is 34.4 Å². The Labute approximate surface area is 481 Å². The van der Waals surface area contributed by atoms with Crippen LogP contribution in [-0.4, -0.2) is 102 Å². The predicted octanol–water partition coefficient (Wildman–Crippen LogP) is 9.64. The van der Waals surface area contributed by atoms with Gasteiger partial charge in [0.15, 0.2) is 0 Å². The van der Waals surface area contributed by atoms with Crippen molar-refractivity contribution in [3.8, 4) is 11.5 Å². The van der Waals surface area contributed by atoms with Crippen molar-refractivity contribution in [2.24, 2.45) is 23.7 Å². The van der Waals surface area contributed by atoms with Gasteiger partial charge in [0, 0.05) is 70.3 Å². The summed E-state index contributed by atoms with van der Waals surface area (Å²) in [7, 11) is -7.51. The Kier molecular flexibility index (Phi) is 17.1. The average molecular weight is 1180 g/mol. The molecular formula is C60H76Cl2N6O10S2. The van der Waals surface area contributed by atoms with Crippen molar-refractivity contribution in [1.82, 2.24) is 20.4 Å². The molecule has 8 aliphatic rings. The van der Waals surface area contributed by atoms with E-state index < -0.39 is 31.9 Å². The zero-order chi connectivity index (χ0) is 55.8. The Morgan fingerprint density at radius 2 is 0.975 bits per heavy atom. The van der Waals surface area contributed by atoms with Crippen LogP contribution in [-0.2, 0) is 43.7 Å². The highest BCUT2D eigenvalue weighted by Gasteiger charge is 2.47. The van der Waals surface area contributed by atoms with Gasteiger partial charge in [-0.3, -0.25) is 9.59 Å². The number of hydrogen-bond acceptors (Lipinski definition) is 14. The van der Waals surface area contributed by atoms with Crippen LogP contribution >= 0.6 is 23.2 Å². The minimum Gasteiger partial charge on any atom is -0.490 e. The summed E-state index contributed by atoms with van der Waals surface area (Å²) < 4.78 is 68.2. The highest BCUT2D eigenvalue weighted by Crippen LogP contribution is 2.49. The van der Waals surface area contributed by atoms with Crippen LogP contribution in [0.1, 0.15) is 146 Å². The lowest BCUT2D eigenvalue weighted by atomic mass is 9.67. The van der Waals surface area contributed by atoms with Gasteiger partial charge in [0.1, 0.15) is 11.5 Å². The van der Waals surface area contributed by atoms with Crippen molar-refractivity contribution in [2.75, 3.05) is 60.7 Å². The van der Waals surface area contributed by atoms with Crippen LogP contribution in [0.2, 0.25) is 10.0 Å². The van der Waals surface area contributed by atoms with Gasteiger partial charge in [-0.25, -0.2) is 37.2 Å². The number of anilines is 2. The Hall–Kier alpha value is -4.66. The van der Waals surface area contributed by atoms with Gasteiger partial charge in [-0.2, -0.15) is 0 Å². The summed E-state index contributed by atoms with van der Waals surface area (Å²) in [6.07, 6.45) is 15.8. The van der Waals surface area contributed by atoms with E-state index in [1.807, 2.05) is 12.1 Å². The number of hydroxylamine groups is 2. The fourth-order valence-corrected chi connectivity index (χ4v) is 17.3. The summed E-state index contributed by atoms with van der Waals surface area (Å²) >= 11 is 12.8. The highest BCUT2D eigenvalue weighted by atomic mass is 35.5. The molecule has 16 nitrogen and oxygen atoms in total. The number of carbonyl (C=O) groups is 2. The molecule has 4 heterocycles. The van der Waals surface area contributed by atoms with Crippen molar-refractivity contribution < 1.29 is 46.3 Å². The predicted molar refractivity (Wildman–Crippen MR) is 310 cm³/mol. The number of benzene rings is 4. The first-order valence-corrected chi connectivity index (χ1v) is 33.1. The molecule has 0 unspecified atom stereocenters. The fourth-order valence-electron chi connectivity index (χ4n) is 14.7.